The van der Waals surface area contributed by atoms with Crippen molar-refractivity contribution in [3.63, 3.8) is 0 Å². The van der Waals surface area contributed by atoms with Gasteiger partial charge in [-0.1, -0.05) is 24.2 Å². The molecule has 0 bridgehead atoms. The van der Waals surface area contributed by atoms with Gasteiger partial charge in [-0.05, 0) is 12.8 Å². The van der Waals surface area contributed by atoms with Crippen LogP contribution in [-0.2, 0) is 6.54 Å². The summed E-state index contributed by atoms with van der Waals surface area (Å²) in [6.07, 6.45) is -1.94. The van der Waals surface area contributed by atoms with Crippen molar-refractivity contribution >= 4 is 11.3 Å². The Hall–Kier alpha value is -0.820. The number of nitrogens with one attached hydrogen (secondary N) is 2. The molecule has 2 rings (SSSR count). The van der Waals surface area contributed by atoms with E-state index in [1.54, 1.807) is 5.38 Å². The summed E-state index contributed by atoms with van der Waals surface area (Å²) in [4.78, 5) is 13.3. The Balaban J connectivity index is 1.95. The van der Waals surface area contributed by atoms with Crippen molar-refractivity contribution in [2.24, 2.45) is 5.92 Å². The Morgan fingerprint density at radius 2 is 2.11 bits per heavy atom. The van der Waals surface area contributed by atoms with E-state index in [-0.39, 0.29) is 17.8 Å². The quantitative estimate of drug-likeness (QED) is 0.894. The molecule has 1 aromatic rings. The zero-order chi connectivity index (χ0) is 13.2. The fourth-order valence-electron chi connectivity index (χ4n) is 2.41. The maximum Gasteiger partial charge on any atom is 0.393 e. The molecular weight excluding hydrogens is 265 g/mol. The first-order chi connectivity index (χ1) is 8.47. The number of hydrogen-bond donors (Lipinski definition) is 2. The highest BCUT2D eigenvalue weighted by Crippen LogP contribution is 2.37. The van der Waals surface area contributed by atoms with Gasteiger partial charge in [0.1, 0.15) is 0 Å². The number of aromatic nitrogens is 1. The summed E-state index contributed by atoms with van der Waals surface area (Å²) in [6.45, 7) is 0.288. The van der Waals surface area contributed by atoms with E-state index in [0.717, 1.165) is 17.8 Å². The minimum atomic E-state index is -4.14. The molecule has 1 aliphatic rings. The largest absolute Gasteiger partial charge is 0.393 e. The number of rotatable bonds is 3. The zero-order valence-corrected chi connectivity index (χ0v) is 10.5. The average molecular weight is 280 g/mol. The Morgan fingerprint density at radius 1 is 1.39 bits per heavy atom. The molecule has 2 N–H and O–H groups in total. The predicted molar refractivity (Wildman–Crippen MR) is 63.6 cm³/mol. The molecule has 2 atom stereocenters. The van der Waals surface area contributed by atoms with Gasteiger partial charge in [0.15, 0.2) is 0 Å². The van der Waals surface area contributed by atoms with E-state index < -0.39 is 18.1 Å². The van der Waals surface area contributed by atoms with Crippen molar-refractivity contribution in [2.75, 3.05) is 0 Å². The standard InChI is InChI=1S/C11H15F3N2OS/c12-11(13,14)8-3-1-2-4-9(8)15-5-7-6-18-10(17)16-7/h6,8-9,15H,1-5H2,(H,16,17). The van der Waals surface area contributed by atoms with Gasteiger partial charge in [-0.2, -0.15) is 13.2 Å². The Morgan fingerprint density at radius 3 is 2.72 bits per heavy atom. The van der Waals surface area contributed by atoms with Gasteiger partial charge < -0.3 is 10.3 Å². The van der Waals surface area contributed by atoms with Crippen LogP contribution in [0.4, 0.5) is 13.2 Å². The number of H-pyrrole nitrogens is 1. The van der Waals surface area contributed by atoms with Gasteiger partial charge in [-0.15, -0.1) is 0 Å². The molecule has 0 aromatic carbocycles. The first kappa shape index (κ1) is 13.6. The highest BCUT2D eigenvalue weighted by Gasteiger charge is 2.45. The van der Waals surface area contributed by atoms with Crippen LogP contribution in [0.3, 0.4) is 0 Å². The molecule has 0 aliphatic heterocycles. The van der Waals surface area contributed by atoms with E-state index in [1.807, 2.05) is 0 Å². The van der Waals surface area contributed by atoms with Gasteiger partial charge in [-0.3, -0.25) is 4.79 Å². The lowest BCUT2D eigenvalue weighted by Crippen LogP contribution is -2.45. The number of thiazole rings is 1. The number of hydrogen-bond acceptors (Lipinski definition) is 3. The van der Waals surface area contributed by atoms with Gasteiger partial charge in [-0.25, -0.2) is 0 Å². The van der Waals surface area contributed by atoms with Crippen molar-refractivity contribution in [1.29, 1.82) is 0 Å². The third-order valence-electron chi connectivity index (χ3n) is 3.31. The highest BCUT2D eigenvalue weighted by atomic mass is 32.1. The molecule has 7 heteroatoms. The molecule has 1 aliphatic carbocycles. The Bertz CT molecular complexity index is 440. The molecule has 1 saturated carbocycles. The molecule has 102 valence electrons. The first-order valence-corrected chi connectivity index (χ1v) is 6.81. The Labute approximate surface area is 106 Å². The second-order valence-electron chi connectivity index (χ2n) is 4.59. The van der Waals surface area contributed by atoms with Crippen molar-refractivity contribution in [3.05, 3.63) is 20.7 Å². The second-order valence-corrected chi connectivity index (χ2v) is 5.44. The van der Waals surface area contributed by atoms with Crippen molar-refractivity contribution in [2.45, 2.75) is 44.4 Å². The van der Waals surface area contributed by atoms with Gasteiger partial charge in [0, 0.05) is 23.7 Å². The number of halogens is 3. The van der Waals surface area contributed by atoms with E-state index in [2.05, 4.69) is 10.3 Å². The summed E-state index contributed by atoms with van der Waals surface area (Å²) in [5, 5.41) is 4.56. The summed E-state index contributed by atoms with van der Waals surface area (Å²) >= 11 is 1.02. The lowest BCUT2D eigenvalue weighted by molar-refractivity contribution is -0.189. The fourth-order valence-corrected chi connectivity index (χ4v) is 2.99. The molecule has 1 aromatic heterocycles. The van der Waals surface area contributed by atoms with Crippen molar-refractivity contribution in [3.8, 4) is 0 Å². The molecule has 2 unspecified atom stereocenters. The molecule has 1 heterocycles. The van der Waals surface area contributed by atoms with Gasteiger partial charge in [0.05, 0.1) is 5.92 Å². The van der Waals surface area contributed by atoms with E-state index in [1.165, 1.54) is 0 Å². The lowest BCUT2D eigenvalue weighted by Gasteiger charge is -2.33. The van der Waals surface area contributed by atoms with E-state index in [4.69, 9.17) is 0 Å². The van der Waals surface area contributed by atoms with Crippen LogP contribution in [0.1, 0.15) is 31.4 Å². The summed E-state index contributed by atoms with van der Waals surface area (Å²) in [7, 11) is 0. The van der Waals surface area contributed by atoms with Crippen molar-refractivity contribution in [1.82, 2.24) is 10.3 Å². The van der Waals surface area contributed by atoms with Gasteiger partial charge in [0.25, 0.3) is 0 Å². The van der Waals surface area contributed by atoms with Crippen LogP contribution in [0.2, 0.25) is 0 Å². The van der Waals surface area contributed by atoms with Gasteiger partial charge in [0.2, 0.25) is 0 Å². The zero-order valence-electron chi connectivity index (χ0n) is 9.72. The molecule has 3 nitrogen and oxygen atoms in total. The molecule has 0 amide bonds. The molecule has 0 spiro atoms. The summed E-state index contributed by atoms with van der Waals surface area (Å²) in [5.41, 5.74) is 0.650. The highest BCUT2D eigenvalue weighted by molar-refractivity contribution is 7.07. The summed E-state index contributed by atoms with van der Waals surface area (Å²) < 4.78 is 38.5. The molecular formula is C11H15F3N2OS. The summed E-state index contributed by atoms with van der Waals surface area (Å²) in [5.74, 6) is -1.27. The van der Waals surface area contributed by atoms with Crippen LogP contribution < -0.4 is 10.2 Å². The average Bonchev–Trinajstić information content (AvgIpc) is 2.72. The van der Waals surface area contributed by atoms with Crippen molar-refractivity contribution < 1.29 is 13.2 Å². The van der Waals surface area contributed by atoms with Crippen LogP contribution in [0, 0.1) is 5.92 Å². The van der Waals surface area contributed by atoms with E-state index >= 15 is 0 Å². The molecule has 0 saturated heterocycles. The second kappa shape index (κ2) is 5.44. The minimum Gasteiger partial charge on any atom is -0.315 e. The SMILES string of the molecule is O=c1[nH]c(CNC2CCCCC2C(F)(F)F)cs1. The smallest absolute Gasteiger partial charge is 0.315 e. The first-order valence-electron chi connectivity index (χ1n) is 5.93. The van der Waals surface area contributed by atoms with Crippen LogP contribution in [0.5, 0.6) is 0 Å². The van der Waals surface area contributed by atoms with Crippen LogP contribution >= 0.6 is 11.3 Å². The maximum absolute atomic E-state index is 12.8. The predicted octanol–water partition coefficient (Wildman–Crippen LogP) is 2.65. The molecule has 18 heavy (non-hydrogen) atoms. The molecule has 0 radical (unpaired) electrons. The van der Waals surface area contributed by atoms with E-state index in [0.29, 0.717) is 18.5 Å². The lowest BCUT2D eigenvalue weighted by atomic mass is 9.84. The monoisotopic (exact) mass is 280 g/mol. The molecule has 1 fully saturated rings. The maximum atomic E-state index is 12.8. The fraction of sp³-hybridized carbons (Fsp3) is 0.727. The van der Waals surface area contributed by atoms with Crippen LogP contribution in [0.15, 0.2) is 10.2 Å². The van der Waals surface area contributed by atoms with E-state index in [9.17, 15) is 18.0 Å². The Kier molecular flexibility index (Phi) is 4.11. The number of alkyl halides is 3. The number of aromatic amines is 1. The van der Waals surface area contributed by atoms with Crippen LogP contribution in [-0.4, -0.2) is 17.2 Å². The normalized spacial score (nSPS) is 25.3. The van der Waals surface area contributed by atoms with Gasteiger partial charge >= 0.3 is 11.0 Å². The minimum absolute atomic E-state index is 0.178. The topological polar surface area (TPSA) is 44.9 Å². The third kappa shape index (κ3) is 3.35. The summed E-state index contributed by atoms with van der Waals surface area (Å²) in [6, 6.07) is -0.540. The van der Waals surface area contributed by atoms with Crippen LogP contribution in [0.25, 0.3) is 0 Å². The third-order valence-corrected chi connectivity index (χ3v) is 4.03.